The predicted molar refractivity (Wildman–Crippen MR) is 85.8 cm³/mol. The van der Waals surface area contributed by atoms with Crippen LogP contribution in [0.25, 0.3) is 5.69 Å². The van der Waals surface area contributed by atoms with Gasteiger partial charge in [-0.05, 0) is 31.4 Å². The van der Waals surface area contributed by atoms with Crippen molar-refractivity contribution in [1.29, 1.82) is 0 Å². The van der Waals surface area contributed by atoms with Gasteiger partial charge in [0.15, 0.2) is 0 Å². The first-order chi connectivity index (χ1) is 11.6. The second-order valence-electron chi connectivity index (χ2n) is 5.59. The number of methoxy groups -OCH3 is 2. The van der Waals surface area contributed by atoms with Gasteiger partial charge in [-0.25, -0.2) is 4.79 Å². The number of ether oxygens (including phenoxy) is 3. The first-order valence-electron chi connectivity index (χ1n) is 7.64. The first kappa shape index (κ1) is 16.0. The molecule has 0 saturated heterocycles. The maximum Gasteiger partial charge on any atom is 0.377 e. The molecule has 0 unspecified atom stereocenters. The normalized spacial score (nSPS) is 14.4. The number of hydrogen-bond donors (Lipinski definition) is 0. The molecule has 1 aromatic carbocycles. The number of benzene rings is 1. The molecule has 0 spiro atoms. The van der Waals surface area contributed by atoms with E-state index in [1.165, 1.54) is 33.3 Å². The van der Waals surface area contributed by atoms with Crippen molar-refractivity contribution in [3.8, 4) is 11.4 Å². The molecule has 1 heterocycles. The van der Waals surface area contributed by atoms with E-state index < -0.39 is 5.97 Å². The van der Waals surface area contributed by atoms with E-state index in [0.29, 0.717) is 11.7 Å². The number of esters is 1. The van der Waals surface area contributed by atoms with Crippen molar-refractivity contribution >= 4 is 5.97 Å². The Morgan fingerprint density at radius 3 is 2.79 bits per heavy atom. The Balaban J connectivity index is 1.87. The quantitative estimate of drug-likeness (QED) is 0.460. The van der Waals surface area contributed by atoms with Crippen LogP contribution in [0.3, 0.4) is 0 Å². The lowest BCUT2D eigenvalue weighted by Crippen LogP contribution is -2.12. The van der Waals surface area contributed by atoms with E-state index in [0.717, 1.165) is 16.9 Å². The molecule has 0 aliphatic heterocycles. The van der Waals surface area contributed by atoms with E-state index in [9.17, 15) is 4.79 Å². The zero-order valence-corrected chi connectivity index (χ0v) is 13.9. The molecule has 0 bridgehead atoms. The van der Waals surface area contributed by atoms with Gasteiger partial charge in [0.1, 0.15) is 12.0 Å². The minimum absolute atomic E-state index is 0.0349. The van der Waals surface area contributed by atoms with Crippen LogP contribution < -0.4 is 4.74 Å². The Labute approximate surface area is 139 Å². The Morgan fingerprint density at radius 2 is 2.12 bits per heavy atom. The zero-order valence-electron chi connectivity index (χ0n) is 13.9. The van der Waals surface area contributed by atoms with E-state index in [4.69, 9.17) is 9.47 Å². The van der Waals surface area contributed by atoms with Crippen molar-refractivity contribution < 1.29 is 19.0 Å². The van der Waals surface area contributed by atoms with Crippen molar-refractivity contribution in [2.75, 3.05) is 14.2 Å². The lowest BCUT2D eigenvalue weighted by Gasteiger charge is -2.11. The summed E-state index contributed by atoms with van der Waals surface area (Å²) >= 11 is 0. The molecule has 1 aliphatic carbocycles. The van der Waals surface area contributed by atoms with Crippen LogP contribution in [0.5, 0.6) is 5.75 Å². The molecular formula is C17H19N3O4. The van der Waals surface area contributed by atoms with Crippen LogP contribution >= 0.6 is 0 Å². The highest BCUT2D eigenvalue weighted by molar-refractivity contribution is 5.86. The fourth-order valence-corrected chi connectivity index (χ4v) is 2.23. The monoisotopic (exact) mass is 329 g/mol. The zero-order chi connectivity index (χ0) is 17.1. The summed E-state index contributed by atoms with van der Waals surface area (Å²) in [7, 11) is 2.72. The Hall–Kier alpha value is -2.83. The Bertz CT molecular complexity index is 778. The van der Waals surface area contributed by atoms with Crippen LogP contribution in [-0.4, -0.2) is 35.2 Å². The van der Waals surface area contributed by atoms with Gasteiger partial charge in [-0.1, -0.05) is 6.07 Å². The van der Waals surface area contributed by atoms with Gasteiger partial charge in [-0.2, -0.15) is 15.0 Å². The molecule has 1 saturated carbocycles. The van der Waals surface area contributed by atoms with Gasteiger partial charge in [-0.15, -0.1) is 0 Å². The average Bonchev–Trinajstić information content (AvgIpc) is 3.33. The van der Waals surface area contributed by atoms with Gasteiger partial charge >= 0.3 is 5.97 Å². The van der Waals surface area contributed by atoms with E-state index in [1.54, 1.807) is 17.1 Å². The van der Waals surface area contributed by atoms with Crippen molar-refractivity contribution in [1.82, 2.24) is 15.0 Å². The summed E-state index contributed by atoms with van der Waals surface area (Å²) in [6.45, 7) is 1.88. The highest BCUT2D eigenvalue weighted by Crippen LogP contribution is 2.38. The standard InChI is InChI=1S/C17H19N3O4/c1-11-4-7-13(20-18-9-14(19-20)12-5-6-12)8-15(11)24-16(10-22-2)17(21)23-3/h4,7-10,12H,5-6H2,1-3H3/b16-10-. The van der Waals surface area contributed by atoms with Crippen LogP contribution in [0.15, 0.2) is 36.4 Å². The van der Waals surface area contributed by atoms with Crippen LogP contribution in [0, 0.1) is 6.92 Å². The molecule has 7 heteroatoms. The predicted octanol–water partition coefficient (Wildman–Crippen LogP) is 2.49. The number of aromatic nitrogens is 3. The molecule has 0 atom stereocenters. The van der Waals surface area contributed by atoms with Crippen molar-refractivity contribution in [3.05, 3.63) is 47.7 Å². The summed E-state index contributed by atoms with van der Waals surface area (Å²) in [5, 5.41) is 8.80. The van der Waals surface area contributed by atoms with Gasteiger partial charge in [0.05, 0.1) is 31.8 Å². The highest BCUT2D eigenvalue weighted by Gasteiger charge is 2.26. The number of hydrogen-bond acceptors (Lipinski definition) is 6. The summed E-state index contributed by atoms with van der Waals surface area (Å²) < 4.78 is 15.2. The molecule has 3 rings (SSSR count). The van der Waals surface area contributed by atoms with Crippen molar-refractivity contribution in [3.63, 3.8) is 0 Å². The van der Waals surface area contributed by atoms with Crippen molar-refractivity contribution in [2.24, 2.45) is 0 Å². The molecule has 126 valence electrons. The van der Waals surface area contributed by atoms with E-state index in [2.05, 4.69) is 14.9 Å². The number of carbonyl (C=O) groups is 1. The molecule has 0 radical (unpaired) electrons. The number of rotatable bonds is 6. The smallest absolute Gasteiger partial charge is 0.377 e. The molecule has 0 amide bonds. The fraction of sp³-hybridized carbons (Fsp3) is 0.353. The average molecular weight is 329 g/mol. The largest absolute Gasteiger partial charge is 0.500 e. The SMILES string of the molecule is CO/C=C(\Oc1cc(-n2ncc(C3CC3)n2)ccc1C)C(=O)OC. The molecule has 2 aromatic rings. The van der Waals surface area contributed by atoms with Gasteiger partial charge in [0, 0.05) is 12.0 Å². The summed E-state index contributed by atoms with van der Waals surface area (Å²) in [6, 6.07) is 5.56. The second-order valence-corrected chi connectivity index (χ2v) is 5.59. The molecule has 1 aliphatic rings. The lowest BCUT2D eigenvalue weighted by atomic mass is 10.2. The van der Waals surface area contributed by atoms with Gasteiger partial charge in [-0.3, -0.25) is 0 Å². The van der Waals surface area contributed by atoms with Crippen LogP contribution in [0.4, 0.5) is 0 Å². The Kier molecular flexibility index (Phi) is 4.50. The third kappa shape index (κ3) is 3.40. The Morgan fingerprint density at radius 1 is 1.33 bits per heavy atom. The van der Waals surface area contributed by atoms with Crippen LogP contribution in [-0.2, 0) is 14.3 Å². The summed E-state index contributed by atoms with van der Waals surface area (Å²) in [6.07, 6.45) is 5.34. The number of aryl methyl sites for hydroxylation is 1. The van der Waals surface area contributed by atoms with Crippen LogP contribution in [0.1, 0.15) is 30.0 Å². The molecule has 7 nitrogen and oxygen atoms in total. The molecule has 1 aromatic heterocycles. The minimum atomic E-state index is -0.616. The highest BCUT2D eigenvalue weighted by atomic mass is 16.6. The molecule has 24 heavy (non-hydrogen) atoms. The minimum Gasteiger partial charge on any atom is -0.500 e. The summed E-state index contributed by atoms with van der Waals surface area (Å²) in [5.41, 5.74) is 2.62. The third-order valence-corrected chi connectivity index (χ3v) is 3.74. The third-order valence-electron chi connectivity index (χ3n) is 3.74. The van der Waals surface area contributed by atoms with Crippen molar-refractivity contribution in [2.45, 2.75) is 25.7 Å². The lowest BCUT2D eigenvalue weighted by molar-refractivity contribution is -0.138. The first-order valence-corrected chi connectivity index (χ1v) is 7.64. The van der Waals surface area contributed by atoms with E-state index in [-0.39, 0.29) is 5.76 Å². The fourth-order valence-electron chi connectivity index (χ4n) is 2.23. The topological polar surface area (TPSA) is 75.5 Å². The van der Waals surface area contributed by atoms with Gasteiger partial charge < -0.3 is 14.2 Å². The van der Waals surface area contributed by atoms with Gasteiger partial charge in [0.2, 0.25) is 5.76 Å². The maximum atomic E-state index is 11.7. The molecule has 0 N–H and O–H groups in total. The summed E-state index contributed by atoms with van der Waals surface area (Å²) in [4.78, 5) is 13.3. The second kappa shape index (κ2) is 6.74. The molecule has 1 fully saturated rings. The maximum absolute atomic E-state index is 11.7. The summed E-state index contributed by atoms with van der Waals surface area (Å²) in [5.74, 6) is 0.393. The van der Waals surface area contributed by atoms with E-state index in [1.807, 2.05) is 19.1 Å². The van der Waals surface area contributed by atoms with Gasteiger partial charge in [0.25, 0.3) is 0 Å². The van der Waals surface area contributed by atoms with E-state index >= 15 is 0 Å². The number of nitrogens with zero attached hydrogens (tertiary/aromatic N) is 3. The number of carbonyl (C=O) groups excluding carboxylic acids is 1. The van der Waals surface area contributed by atoms with Crippen LogP contribution in [0.2, 0.25) is 0 Å². The molecular weight excluding hydrogens is 310 g/mol.